The molecule has 0 saturated heterocycles. The number of esters is 1. The maximum absolute atomic E-state index is 11.9. The zero-order valence-corrected chi connectivity index (χ0v) is 11.5. The molecule has 0 saturated carbocycles. The monoisotopic (exact) mass is 249 g/mol. The molecule has 0 heterocycles. The lowest BCUT2D eigenvalue weighted by molar-refractivity contribution is -0.160. The molecule has 0 aliphatic rings. The molecule has 18 heavy (non-hydrogen) atoms. The van der Waals surface area contributed by atoms with Crippen LogP contribution in [0.25, 0.3) is 0 Å². The van der Waals surface area contributed by atoms with Crippen molar-refractivity contribution in [3.63, 3.8) is 0 Å². The summed E-state index contributed by atoms with van der Waals surface area (Å²) in [7, 11) is 0. The van der Waals surface area contributed by atoms with Crippen molar-refractivity contribution in [2.75, 3.05) is 0 Å². The summed E-state index contributed by atoms with van der Waals surface area (Å²) in [5.41, 5.74) is 6.55. The molecule has 3 nitrogen and oxygen atoms in total. The van der Waals surface area contributed by atoms with Crippen LogP contribution in [-0.2, 0) is 16.0 Å². The quantitative estimate of drug-likeness (QED) is 0.789. The molecule has 0 aliphatic carbocycles. The van der Waals surface area contributed by atoms with Crippen molar-refractivity contribution >= 4 is 5.97 Å². The van der Waals surface area contributed by atoms with E-state index in [4.69, 9.17) is 10.5 Å². The van der Waals surface area contributed by atoms with Crippen LogP contribution in [0.3, 0.4) is 0 Å². The van der Waals surface area contributed by atoms with E-state index in [1.165, 1.54) is 0 Å². The number of hydrogen-bond acceptors (Lipinski definition) is 3. The number of rotatable bonds is 6. The maximum atomic E-state index is 11.9. The van der Waals surface area contributed by atoms with Crippen LogP contribution in [0.5, 0.6) is 0 Å². The van der Waals surface area contributed by atoms with Gasteiger partial charge in [-0.3, -0.25) is 4.79 Å². The lowest BCUT2D eigenvalue weighted by Crippen LogP contribution is -2.40. The van der Waals surface area contributed by atoms with Crippen molar-refractivity contribution in [2.45, 2.75) is 51.7 Å². The first-order valence-corrected chi connectivity index (χ1v) is 6.53. The van der Waals surface area contributed by atoms with Gasteiger partial charge in [0.15, 0.2) is 0 Å². The van der Waals surface area contributed by atoms with Crippen LogP contribution in [0.2, 0.25) is 0 Å². The van der Waals surface area contributed by atoms with Crippen molar-refractivity contribution in [1.82, 2.24) is 0 Å². The minimum atomic E-state index is -0.593. The van der Waals surface area contributed by atoms with Gasteiger partial charge in [-0.2, -0.15) is 0 Å². The van der Waals surface area contributed by atoms with Gasteiger partial charge in [0.05, 0.1) is 0 Å². The Morgan fingerprint density at radius 1 is 1.28 bits per heavy atom. The van der Waals surface area contributed by atoms with E-state index in [1.54, 1.807) is 0 Å². The molecule has 0 radical (unpaired) electrons. The molecule has 1 aromatic carbocycles. The van der Waals surface area contributed by atoms with Crippen molar-refractivity contribution in [3.8, 4) is 0 Å². The fourth-order valence-electron chi connectivity index (χ4n) is 1.66. The van der Waals surface area contributed by atoms with E-state index in [1.807, 2.05) is 51.1 Å². The van der Waals surface area contributed by atoms with E-state index in [9.17, 15) is 4.79 Å². The van der Waals surface area contributed by atoms with Crippen molar-refractivity contribution in [2.24, 2.45) is 5.73 Å². The van der Waals surface area contributed by atoms with Gasteiger partial charge in [0, 0.05) is 0 Å². The molecule has 3 heteroatoms. The fourth-order valence-corrected chi connectivity index (χ4v) is 1.66. The molecule has 0 aromatic heterocycles. The Balaban J connectivity index is 2.57. The van der Waals surface area contributed by atoms with E-state index in [-0.39, 0.29) is 5.97 Å². The molecule has 0 spiro atoms. The Labute approximate surface area is 109 Å². The summed E-state index contributed by atoms with van der Waals surface area (Å²) in [4.78, 5) is 11.9. The standard InChI is InChI=1S/C15H23NO2/c1-4-15(3,5-2)18-14(17)13(16)11-12-9-7-6-8-10-12/h6-10,13H,4-5,11,16H2,1-3H3. The van der Waals surface area contributed by atoms with Crippen LogP contribution in [0.4, 0.5) is 0 Å². The van der Waals surface area contributed by atoms with Crippen LogP contribution in [0, 0.1) is 0 Å². The molecule has 2 N–H and O–H groups in total. The highest BCUT2D eigenvalue weighted by molar-refractivity contribution is 5.76. The zero-order valence-electron chi connectivity index (χ0n) is 11.5. The second kappa shape index (κ2) is 6.55. The Bertz CT molecular complexity index is 371. The lowest BCUT2D eigenvalue weighted by atomic mass is 9.99. The van der Waals surface area contributed by atoms with Crippen molar-refractivity contribution in [3.05, 3.63) is 35.9 Å². The first kappa shape index (κ1) is 14.7. The maximum Gasteiger partial charge on any atom is 0.323 e. The normalized spacial score (nSPS) is 13.1. The summed E-state index contributed by atoms with van der Waals surface area (Å²) in [6, 6.07) is 9.16. The molecule has 0 amide bonds. The van der Waals surface area contributed by atoms with Gasteiger partial charge in [0.2, 0.25) is 0 Å². The van der Waals surface area contributed by atoms with Gasteiger partial charge in [-0.1, -0.05) is 44.2 Å². The first-order valence-electron chi connectivity index (χ1n) is 6.53. The largest absolute Gasteiger partial charge is 0.458 e. The predicted molar refractivity (Wildman–Crippen MR) is 73.2 cm³/mol. The molecule has 1 atom stereocenters. The molecule has 0 fully saturated rings. The molecule has 100 valence electrons. The van der Waals surface area contributed by atoms with Gasteiger partial charge >= 0.3 is 5.97 Å². The van der Waals surface area contributed by atoms with Crippen LogP contribution in [-0.4, -0.2) is 17.6 Å². The van der Waals surface area contributed by atoms with Crippen molar-refractivity contribution < 1.29 is 9.53 Å². The van der Waals surface area contributed by atoms with E-state index in [0.717, 1.165) is 18.4 Å². The minimum Gasteiger partial charge on any atom is -0.458 e. The molecule has 1 rings (SSSR count). The summed E-state index contributed by atoms with van der Waals surface area (Å²) in [5.74, 6) is -0.315. The summed E-state index contributed by atoms with van der Waals surface area (Å²) < 4.78 is 5.51. The first-order chi connectivity index (χ1) is 8.50. The second-order valence-corrected chi connectivity index (χ2v) is 4.87. The van der Waals surface area contributed by atoms with E-state index >= 15 is 0 Å². The number of benzene rings is 1. The fraction of sp³-hybridized carbons (Fsp3) is 0.533. The van der Waals surface area contributed by atoms with Gasteiger partial charge in [0.25, 0.3) is 0 Å². The minimum absolute atomic E-state index is 0.315. The number of carbonyl (C=O) groups is 1. The summed E-state index contributed by atoms with van der Waals surface area (Å²) in [5, 5.41) is 0. The Morgan fingerprint density at radius 2 is 1.83 bits per heavy atom. The molecular formula is C15H23NO2. The molecule has 0 bridgehead atoms. The number of carbonyl (C=O) groups excluding carboxylic acids is 1. The zero-order chi connectivity index (χ0) is 13.6. The average molecular weight is 249 g/mol. The van der Waals surface area contributed by atoms with Crippen LogP contribution < -0.4 is 5.73 Å². The summed E-state index contributed by atoms with van der Waals surface area (Å²) in [6.07, 6.45) is 2.11. The number of hydrogen-bond donors (Lipinski definition) is 1. The molecule has 1 aromatic rings. The lowest BCUT2D eigenvalue weighted by Gasteiger charge is -2.28. The third kappa shape index (κ3) is 4.15. The van der Waals surface area contributed by atoms with Crippen LogP contribution in [0.1, 0.15) is 39.2 Å². The smallest absolute Gasteiger partial charge is 0.323 e. The molecule has 1 unspecified atom stereocenters. The SMILES string of the molecule is CCC(C)(CC)OC(=O)C(N)Cc1ccccc1. The Kier molecular flexibility index (Phi) is 5.35. The van der Waals surface area contributed by atoms with Crippen LogP contribution >= 0.6 is 0 Å². The van der Waals surface area contributed by atoms with Gasteiger partial charge in [-0.15, -0.1) is 0 Å². The van der Waals surface area contributed by atoms with Gasteiger partial charge in [0.1, 0.15) is 11.6 Å². The van der Waals surface area contributed by atoms with Crippen LogP contribution in [0.15, 0.2) is 30.3 Å². The highest BCUT2D eigenvalue weighted by Gasteiger charge is 2.27. The third-order valence-corrected chi connectivity index (χ3v) is 3.44. The predicted octanol–water partition coefficient (Wildman–Crippen LogP) is 2.68. The highest BCUT2D eigenvalue weighted by Crippen LogP contribution is 2.20. The van der Waals surface area contributed by atoms with Crippen molar-refractivity contribution in [1.29, 1.82) is 0 Å². The van der Waals surface area contributed by atoms with Gasteiger partial charge < -0.3 is 10.5 Å². The van der Waals surface area contributed by atoms with E-state index < -0.39 is 11.6 Å². The average Bonchev–Trinajstić information content (AvgIpc) is 2.39. The van der Waals surface area contributed by atoms with E-state index in [2.05, 4.69) is 0 Å². The second-order valence-electron chi connectivity index (χ2n) is 4.87. The Hall–Kier alpha value is -1.35. The van der Waals surface area contributed by atoms with E-state index in [0.29, 0.717) is 6.42 Å². The Morgan fingerprint density at radius 3 is 2.33 bits per heavy atom. The summed E-state index contributed by atoms with van der Waals surface area (Å²) >= 11 is 0. The molecule has 0 aliphatic heterocycles. The number of nitrogens with two attached hydrogens (primary N) is 1. The highest BCUT2D eigenvalue weighted by atomic mass is 16.6. The van der Waals surface area contributed by atoms with Gasteiger partial charge in [-0.25, -0.2) is 0 Å². The van der Waals surface area contributed by atoms with Gasteiger partial charge in [-0.05, 0) is 31.7 Å². The third-order valence-electron chi connectivity index (χ3n) is 3.44. The summed E-state index contributed by atoms with van der Waals surface area (Å²) in [6.45, 7) is 5.97. The molecular weight excluding hydrogens is 226 g/mol. The number of ether oxygens (including phenoxy) is 1. The topological polar surface area (TPSA) is 52.3 Å².